The van der Waals surface area contributed by atoms with Crippen LogP contribution in [0.3, 0.4) is 0 Å². The molecule has 0 unspecified atom stereocenters. The Labute approximate surface area is 254 Å². The van der Waals surface area contributed by atoms with Gasteiger partial charge in [0.05, 0.1) is 0 Å². The van der Waals surface area contributed by atoms with Crippen molar-refractivity contribution in [2.24, 2.45) is 0 Å². The third-order valence-electron chi connectivity index (χ3n) is 5.56. The largest absolute Gasteiger partial charge is 0.0612 e. The van der Waals surface area contributed by atoms with Gasteiger partial charge in [0.15, 0.2) is 0 Å². The van der Waals surface area contributed by atoms with Crippen LogP contribution >= 0.6 is 11.8 Å². The third-order valence-corrected chi connectivity index (χ3v) is 12.1. The van der Waals surface area contributed by atoms with Gasteiger partial charge in [-0.25, -0.2) is 0 Å². The topological polar surface area (TPSA) is 27.7 Å². The van der Waals surface area contributed by atoms with Gasteiger partial charge in [-0.1, -0.05) is 18.2 Å². The quantitative estimate of drug-likeness (QED) is 0.0652. The molecule has 204 valence electrons. The van der Waals surface area contributed by atoms with E-state index in [0.717, 1.165) is 42.3 Å². The zero-order valence-electron chi connectivity index (χ0n) is 22.2. The number of hydrogen-bond acceptors (Lipinski definition) is 4. The Morgan fingerprint density at radius 1 is 0.590 bits per heavy atom. The van der Waals surface area contributed by atoms with Crippen LogP contribution in [0.1, 0.15) is 19.3 Å². The minimum absolute atomic E-state index is 0.146. The van der Waals surface area contributed by atoms with Gasteiger partial charge in [0.1, 0.15) is 0 Å². The van der Waals surface area contributed by atoms with Crippen molar-refractivity contribution in [3.8, 4) is 17.2 Å². The molecule has 4 rings (SSSR count). The smallest absolute Gasteiger partial charge is 0.0486 e. The normalized spacial score (nSPS) is 10.8. The molecule has 0 saturated carbocycles. The molecular weight excluding hydrogens is 683 g/mol. The van der Waals surface area contributed by atoms with Crippen molar-refractivity contribution in [1.29, 1.82) is 0 Å². The van der Waals surface area contributed by atoms with E-state index in [9.17, 15) is 0 Å². The number of benzene rings is 4. The van der Waals surface area contributed by atoms with Crippen molar-refractivity contribution in [1.82, 2.24) is 0 Å². The summed E-state index contributed by atoms with van der Waals surface area (Å²) in [6, 6.07) is 38.1. The van der Waals surface area contributed by atoms with Crippen LogP contribution in [-0.4, -0.2) is 61.5 Å². The van der Waals surface area contributed by atoms with Crippen LogP contribution in [0.25, 0.3) is 0 Å². The number of thioether (sulfide) groups is 1. The SMILES string of the molecule is c1ccc(SCCCOc2cc(OCCC[Se]c3ccccc3)cc(OCCC[Te]c3ccccc3)c2)cc1. The minimum atomic E-state index is -0.146. The first kappa shape index (κ1) is 29.9. The molecule has 0 heterocycles. The fraction of sp³-hybridized carbons (Fsp3) is 0.273. The molecule has 6 heteroatoms. The Kier molecular flexibility index (Phi) is 14.0. The second kappa shape index (κ2) is 18.3. The van der Waals surface area contributed by atoms with Gasteiger partial charge in [-0.05, 0) is 12.1 Å². The number of hydrogen-bond donors (Lipinski definition) is 0. The van der Waals surface area contributed by atoms with Crippen molar-refractivity contribution in [3.05, 3.63) is 109 Å². The van der Waals surface area contributed by atoms with Crippen molar-refractivity contribution in [2.45, 2.75) is 33.9 Å². The first-order valence-corrected chi connectivity index (χ1v) is 19.3. The maximum Gasteiger partial charge on any atom is -0.0486 e. The van der Waals surface area contributed by atoms with Crippen LogP contribution in [0.15, 0.2) is 114 Å². The molecule has 3 nitrogen and oxygen atoms in total. The Morgan fingerprint density at radius 2 is 1.13 bits per heavy atom. The van der Waals surface area contributed by atoms with E-state index in [-0.39, 0.29) is 20.9 Å². The summed E-state index contributed by atoms with van der Waals surface area (Å²) in [7, 11) is 0. The maximum atomic E-state index is 6.16. The van der Waals surface area contributed by atoms with Crippen LogP contribution in [0.4, 0.5) is 0 Å². The molecule has 0 aliphatic rings. The van der Waals surface area contributed by atoms with E-state index in [2.05, 4.69) is 91.0 Å². The average Bonchev–Trinajstić information content (AvgIpc) is 2.98. The Morgan fingerprint density at radius 3 is 1.77 bits per heavy atom. The molecule has 39 heavy (non-hydrogen) atoms. The van der Waals surface area contributed by atoms with Gasteiger partial charge in [-0.2, -0.15) is 0 Å². The Hall–Kier alpha value is -2.06. The maximum absolute atomic E-state index is 6.16. The molecule has 0 aromatic heterocycles. The Bertz CT molecular complexity index is 1030. The van der Waals surface area contributed by atoms with E-state index >= 15 is 0 Å². The fourth-order valence-electron chi connectivity index (χ4n) is 3.66. The summed E-state index contributed by atoms with van der Waals surface area (Å²) in [5, 5.41) is 1.17. The summed E-state index contributed by atoms with van der Waals surface area (Å²) in [4.78, 5) is 1.30. The van der Waals surface area contributed by atoms with Gasteiger partial charge in [0.25, 0.3) is 0 Å². The molecule has 0 saturated heterocycles. The predicted molar refractivity (Wildman–Crippen MR) is 167 cm³/mol. The molecule has 0 spiro atoms. The number of rotatable bonds is 18. The summed E-state index contributed by atoms with van der Waals surface area (Å²) in [6.07, 6.45) is 3.08. The van der Waals surface area contributed by atoms with Crippen LogP contribution in [-0.2, 0) is 0 Å². The number of ether oxygens (including phenoxy) is 3. The van der Waals surface area contributed by atoms with Gasteiger partial charge < -0.3 is 0 Å². The molecule has 4 aromatic rings. The molecule has 0 amide bonds. The minimum Gasteiger partial charge on any atom is -0.0612 e. The van der Waals surface area contributed by atoms with Gasteiger partial charge in [0, 0.05) is 4.90 Å². The van der Waals surface area contributed by atoms with E-state index in [4.69, 9.17) is 14.2 Å². The van der Waals surface area contributed by atoms with Crippen LogP contribution in [0, 0.1) is 0 Å². The molecule has 0 aliphatic carbocycles. The Balaban J connectivity index is 1.23. The molecular formula is C33H36O3SSeTe. The molecule has 0 atom stereocenters. The zero-order valence-corrected chi connectivity index (χ0v) is 27.1. The summed E-state index contributed by atoms with van der Waals surface area (Å²) >= 11 is 2.21. The molecule has 0 bridgehead atoms. The van der Waals surface area contributed by atoms with Crippen molar-refractivity contribution >= 4 is 55.7 Å². The fourth-order valence-corrected chi connectivity index (χ4v) is 8.71. The van der Waals surface area contributed by atoms with Gasteiger partial charge >= 0.3 is 221 Å². The second-order valence-corrected chi connectivity index (χ2v) is 15.7. The van der Waals surface area contributed by atoms with E-state index in [1.807, 2.05) is 30.0 Å². The van der Waals surface area contributed by atoms with Crippen molar-refractivity contribution < 1.29 is 14.2 Å². The third kappa shape index (κ3) is 12.3. The van der Waals surface area contributed by atoms with E-state index in [1.54, 1.807) is 0 Å². The summed E-state index contributed by atoms with van der Waals surface area (Å²) in [5.41, 5.74) is 0. The standard InChI is InChI=1S/C33H36O3SSeTe/c1-4-13-31(14-5-1)37-22-10-19-34-28-25-29(35-20-11-23-38-32-15-6-2-7-16-32)27-30(26-28)36-21-12-24-39-33-17-8-3-9-18-33/h1-9,13-18,25-27H,10-12,19-24H2. The van der Waals surface area contributed by atoms with Crippen molar-refractivity contribution in [3.63, 3.8) is 0 Å². The van der Waals surface area contributed by atoms with E-state index in [1.165, 1.54) is 22.8 Å². The zero-order chi connectivity index (χ0) is 26.8. The van der Waals surface area contributed by atoms with Gasteiger partial charge in [-0.3, -0.25) is 0 Å². The summed E-state index contributed by atoms with van der Waals surface area (Å²) in [6.45, 7) is 2.09. The van der Waals surface area contributed by atoms with Crippen molar-refractivity contribution in [2.75, 3.05) is 25.6 Å². The first-order chi connectivity index (χ1) is 19.3. The van der Waals surface area contributed by atoms with E-state index in [0.29, 0.717) is 34.8 Å². The van der Waals surface area contributed by atoms with Crippen LogP contribution < -0.4 is 22.3 Å². The van der Waals surface area contributed by atoms with Gasteiger partial charge in [-0.15, -0.1) is 0 Å². The van der Waals surface area contributed by atoms with Crippen LogP contribution in [0.5, 0.6) is 17.2 Å². The second-order valence-electron chi connectivity index (χ2n) is 8.73. The monoisotopic (exact) mass is 722 g/mol. The molecule has 4 aromatic carbocycles. The average molecular weight is 719 g/mol. The molecule has 0 fully saturated rings. The van der Waals surface area contributed by atoms with Crippen LogP contribution in [0.2, 0.25) is 9.79 Å². The predicted octanol–water partition coefficient (Wildman–Crippen LogP) is 6.68. The van der Waals surface area contributed by atoms with E-state index < -0.39 is 0 Å². The molecule has 0 radical (unpaired) electrons. The first-order valence-electron chi connectivity index (χ1n) is 13.4. The van der Waals surface area contributed by atoms with Gasteiger partial charge in [0.2, 0.25) is 0 Å². The summed E-state index contributed by atoms with van der Waals surface area (Å²) in [5.74, 6) is 3.50. The molecule has 0 N–H and O–H groups in total. The summed E-state index contributed by atoms with van der Waals surface area (Å²) < 4.78 is 22.6. The molecule has 0 aliphatic heterocycles.